The van der Waals surface area contributed by atoms with Crippen LogP contribution in [0.2, 0.25) is 0 Å². The number of hydrogen-bond acceptors (Lipinski definition) is 3. The van der Waals surface area contributed by atoms with Crippen molar-refractivity contribution in [2.45, 2.75) is 12.8 Å². The molecule has 3 N–H and O–H groups in total. The van der Waals surface area contributed by atoms with Crippen molar-refractivity contribution >= 4 is 24.0 Å². The van der Waals surface area contributed by atoms with Gasteiger partial charge < -0.3 is 15.8 Å². The van der Waals surface area contributed by atoms with E-state index in [1.165, 1.54) is 0 Å². The summed E-state index contributed by atoms with van der Waals surface area (Å²) in [5, 5.41) is 2.93. The number of nitrogen functional groups attached to an aromatic ring is 1. The van der Waals surface area contributed by atoms with Crippen LogP contribution >= 0.6 is 12.4 Å². The van der Waals surface area contributed by atoms with Gasteiger partial charge in [-0.25, -0.2) is 0 Å². The predicted octanol–water partition coefficient (Wildman–Crippen LogP) is 1.85. The quantitative estimate of drug-likeness (QED) is 0.824. The molecule has 0 saturated carbocycles. The van der Waals surface area contributed by atoms with Crippen LogP contribution in [0.5, 0.6) is 0 Å². The molecule has 4 nitrogen and oxygen atoms in total. The highest BCUT2D eigenvalue weighted by atomic mass is 35.5. The average Bonchev–Trinajstić information content (AvgIpc) is 2.38. The lowest BCUT2D eigenvalue weighted by Crippen LogP contribution is -2.33. The van der Waals surface area contributed by atoms with Gasteiger partial charge in [-0.15, -0.1) is 12.4 Å². The molecule has 1 aliphatic heterocycles. The lowest BCUT2D eigenvalue weighted by molar-refractivity contribution is 0.0536. The number of hydrogen-bond donors (Lipinski definition) is 2. The zero-order valence-electron chi connectivity index (χ0n) is 10.2. The minimum Gasteiger partial charge on any atom is -0.399 e. The number of ether oxygens (including phenoxy) is 1. The van der Waals surface area contributed by atoms with E-state index in [1.54, 1.807) is 24.3 Å². The monoisotopic (exact) mass is 270 g/mol. The number of carbonyl (C=O) groups excluding carboxylic acids is 1. The van der Waals surface area contributed by atoms with Crippen molar-refractivity contribution in [3.8, 4) is 0 Å². The van der Waals surface area contributed by atoms with Gasteiger partial charge in [0.25, 0.3) is 5.91 Å². The number of nitrogens with two attached hydrogens (primary N) is 1. The predicted molar refractivity (Wildman–Crippen MR) is 74.0 cm³/mol. The first-order valence-corrected chi connectivity index (χ1v) is 5.97. The number of anilines is 1. The Hall–Kier alpha value is -1.26. The molecule has 1 atom stereocenters. The molecule has 0 aliphatic carbocycles. The maximum absolute atomic E-state index is 11.8. The summed E-state index contributed by atoms with van der Waals surface area (Å²) in [7, 11) is 0. The second-order valence-electron chi connectivity index (χ2n) is 4.42. The van der Waals surface area contributed by atoms with Crippen LogP contribution in [0.25, 0.3) is 0 Å². The van der Waals surface area contributed by atoms with Crippen LogP contribution in [-0.4, -0.2) is 25.7 Å². The number of amides is 1. The van der Waals surface area contributed by atoms with E-state index in [9.17, 15) is 4.79 Å². The van der Waals surface area contributed by atoms with Gasteiger partial charge in [0.05, 0.1) is 6.61 Å². The third-order valence-electron chi connectivity index (χ3n) is 2.98. The summed E-state index contributed by atoms with van der Waals surface area (Å²) in [5.74, 6) is 0.400. The summed E-state index contributed by atoms with van der Waals surface area (Å²) in [6.45, 7) is 2.29. The highest BCUT2D eigenvalue weighted by Crippen LogP contribution is 2.12. The molecule has 18 heavy (non-hydrogen) atoms. The fourth-order valence-electron chi connectivity index (χ4n) is 1.94. The van der Waals surface area contributed by atoms with Crippen LogP contribution in [-0.2, 0) is 4.74 Å². The highest BCUT2D eigenvalue weighted by molar-refractivity contribution is 5.94. The first kappa shape index (κ1) is 14.8. The van der Waals surface area contributed by atoms with Gasteiger partial charge in [-0.05, 0) is 43.0 Å². The fourth-order valence-corrected chi connectivity index (χ4v) is 1.94. The van der Waals surface area contributed by atoms with Gasteiger partial charge in [-0.1, -0.05) is 0 Å². The van der Waals surface area contributed by atoms with E-state index >= 15 is 0 Å². The molecule has 1 aromatic carbocycles. The summed E-state index contributed by atoms with van der Waals surface area (Å²) in [6.07, 6.45) is 2.21. The fraction of sp³-hybridized carbons (Fsp3) is 0.462. The Bertz CT molecular complexity index is 375. The maximum Gasteiger partial charge on any atom is 0.251 e. The minimum atomic E-state index is -0.0458. The average molecular weight is 271 g/mol. The number of benzene rings is 1. The summed E-state index contributed by atoms with van der Waals surface area (Å²) in [4.78, 5) is 11.8. The SMILES string of the molecule is Cl.Nc1ccc(C(=O)NCC2CCCOC2)cc1. The van der Waals surface area contributed by atoms with Crippen LogP contribution < -0.4 is 11.1 Å². The first-order chi connectivity index (χ1) is 8.25. The van der Waals surface area contributed by atoms with E-state index in [-0.39, 0.29) is 18.3 Å². The van der Waals surface area contributed by atoms with Gasteiger partial charge in [-0.2, -0.15) is 0 Å². The molecule has 100 valence electrons. The summed E-state index contributed by atoms with van der Waals surface area (Å²) in [6, 6.07) is 6.95. The van der Waals surface area contributed by atoms with E-state index in [0.717, 1.165) is 26.1 Å². The molecule has 5 heteroatoms. The van der Waals surface area contributed by atoms with Crippen molar-refractivity contribution in [3.63, 3.8) is 0 Å². The molecule has 0 radical (unpaired) electrons. The summed E-state index contributed by atoms with van der Waals surface area (Å²) >= 11 is 0. The molecule has 1 unspecified atom stereocenters. The van der Waals surface area contributed by atoms with Crippen molar-refractivity contribution < 1.29 is 9.53 Å². The molecule has 1 heterocycles. The topological polar surface area (TPSA) is 64.4 Å². The molecular weight excluding hydrogens is 252 g/mol. The molecule has 2 rings (SSSR count). The Morgan fingerprint density at radius 1 is 1.39 bits per heavy atom. The molecule has 0 spiro atoms. The maximum atomic E-state index is 11.8. The van der Waals surface area contributed by atoms with Crippen LogP contribution in [0, 0.1) is 5.92 Å². The molecule has 1 aliphatic rings. The van der Waals surface area contributed by atoms with E-state index in [0.29, 0.717) is 23.7 Å². The molecular formula is C13H19ClN2O2. The van der Waals surface area contributed by atoms with Crippen molar-refractivity contribution in [1.29, 1.82) is 0 Å². The van der Waals surface area contributed by atoms with Crippen LogP contribution in [0.15, 0.2) is 24.3 Å². The normalized spacial score (nSPS) is 18.8. The molecule has 1 fully saturated rings. The van der Waals surface area contributed by atoms with E-state index in [1.807, 2.05) is 0 Å². The minimum absolute atomic E-state index is 0. The van der Waals surface area contributed by atoms with Gasteiger partial charge in [0.1, 0.15) is 0 Å². The van der Waals surface area contributed by atoms with Crippen molar-refractivity contribution in [2.24, 2.45) is 5.92 Å². The zero-order chi connectivity index (χ0) is 12.1. The Morgan fingerprint density at radius 2 is 2.11 bits per heavy atom. The van der Waals surface area contributed by atoms with E-state index < -0.39 is 0 Å². The van der Waals surface area contributed by atoms with Gasteiger partial charge in [0, 0.05) is 24.4 Å². The lowest BCUT2D eigenvalue weighted by Gasteiger charge is -2.22. The Kier molecular flexibility index (Phi) is 5.95. The highest BCUT2D eigenvalue weighted by Gasteiger charge is 2.15. The number of nitrogens with one attached hydrogen (secondary N) is 1. The molecule has 1 aromatic rings. The van der Waals surface area contributed by atoms with E-state index in [2.05, 4.69) is 5.32 Å². The van der Waals surface area contributed by atoms with Crippen molar-refractivity contribution in [2.75, 3.05) is 25.5 Å². The number of halogens is 1. The second kappa shape index (κ2) is 7.24. The number of carbonyl (C=O) groups is 1. The standard InChI is InChI=1S/C13H18N2O2.ClH/c14-12-5-3-11(4-6-12)13(16)15-8-10-2-1-7-17-9-10;/h3-6,10H,1-2,7-9,14H2,(H,15,16);1H. The molecule has 0 bridgehead atoms. The molecule has 1 amide bonds. The smallest absolute Gasteiger partial charge is 0.251 e. The van der Waals surface area contributed by atoms with Crippen LogP contribution in [0.3, 0.4) is 0 Å². The summed E-state index contributed by atoms with van der Waals surface area (Å²) in [5.41, 5.74) is 6.89. The third-order valence-corrected chi connectivity index (χ3v) is 2.98. The third kappa shape index (κ3) is 4.20. The van der Waals surface area contributed by atoms with Gasteiger partial charge >= 0.3 is 0 Å². The van der Waals surface area contributed by atoms with Gasteiger partial charge in [0.15, 0.2) is 0 Å². The zero-order valence-corrected chi connectivity index (χ0v) is 11.0. The van der Waals surface area contributed by atoms with E-state index in [4.69, 9.17) is 10.5 Å². The molecule has 0 aromatic heterocycles. The van der Waals surface area contributed by atoms with Gasteiger partial charge in [-0.3, -0.25) is 4.79 Å². The van der Waals surface area contributed by atoms with Crippen molar-refractivity contribution in [3.05, 3.63) is 29.8 Å². The summed E-state index contributed by atoms with van der Waals surface area (Å²) < 4.78 is 5.37. The first-order valence-electron chi connectivity index (χ1n) is 5.97. The Labute approximate surface area is 113 Å². The van der Waals surface area contributed by atoms with Crippen molar-refractivity contribution in [1.82, 2.24) is 5.32 Å². The van der Waals surface area contributed by atoms with Gasteiger partial charge in [0.2, 0.25) is 0 Å². The van der Waals surface area contributed by atoms with Crippen LogP contribution in [0.1, 0.15) is 23.2 Å². The lowest BCUT2D eigenvalue weighted by atomic mass is 10.0. The molecule has 1 saturated heterocycles. The Balaban J connectivity index is 0.00000162. The number of rotatable bonds is 3. The second-order valence-corrected chi connectivity index (χ2v) is 4.42. The Morgan fingerprint density at radius 3 is 2.72 bits per heavy atom. The van der Waals surface area contributed by atoms with Crippen LogP contribution in [0.4, 0.5) is 5.69 Å². The largest absolute Gasteiger partial charge is 0.399 e.